The largest absolute Gasteiger partial charge is 0.496 e. The lowest BCUT2D eigenvalue weighted by molar-refractivity contribution is -0.145. The molecule has 1 aromatic carbocycles. The number of ether oxygens (including phenoxy) is 1. The molecule has 0 aliphatic carbocycles. The summed E-state index contributed by atoms with van der Waals surface area (Å²) in [6.45, 7) is 2.68. The third-order valence-corrected chi connectivity index (χ3v) is 5.19. The van der Waals surface area contributed by atoms with Gasteiger partial charge in [-0.25, -0.2) is 0 Å². The van der Waals surface area contributed by atoms with E-state index >= 15 is 0 Å². The number of aliphatic carboxylic acids is 1. The van der Waals surface area contributed by atoms with Crippen molar-refractivity contribution in [3.8, 4) is 5.75 Å². The number of aromatic nitrogens is 1. The minimum Gasteiger partial charge on any atom is -0.496 e. The van der Waals surface area contributed by atoms with Crippen LogP contribution in [0.3, 0.4) is 0 Å². The molecule has 3 rings (SSSR count). The van der Waals surface area contributed by atoms with Crippen LogP contribution >= 0.6 is 11.6 Å². The number of aryl methyl sites for hydroxylation is 1. The maximum absolute atomic E-state index is 11.9. The van der Waals surface area contributed by atoms with Gasteiger partial charge in [0.1, 0.15) is 11.8 Å². The molecule has 5 nitrogen and oxygen atoms in total. The molecular formula is C20H23ClN2O3. The summed E-state index contributed by atoms with van der Waals surface area (Å²) in [6, 6.07) is 8.44. The summed E-state index contributed by atoms with van der Waals surface area (Å²) in [7, 11) is 1.61. The summed E-state index contributed by atoms with van der Waals surface area (Å²) in [5.41, 5.74) is 2.69. The highest BCUT2D eigenvalue weighted by Gasteiger charge is 2.37. The summed E-state index contributed by atoms with van der Waals surface area (Å²) in [4.78, 5) is 18.5. The zero-order valence-corrected chi connectivity index (χ0v) is 15.7. The van der Waals surface area contributed by atoms with Gasteiger partial charge in [0.2, 0.25) is 0 Å². The van der Waals surface area contributed by atoms with E-state index in [1.807, 2.05) is 36.1 Å². The van der Waals surface area contributed by atoms with Gasteiger partial charge in [0, 0.05) is 16.8 Å². The highest BCUT2D eigenvalue weighted by molar-refractivity contribution is 6.30. The normalized spacial score (nSPS) is 19.1. The highest BCUT2D eigenvalue weighted by atomic mass is 35.5. The summed E-state index contributed by atoms with van der Waals surface area (Å²) < 4.78 is 5.57. The van der Waals surface area contributed by atoms with E-state index in [-0.39, 0.29) is 6.04 Å². The number of hydrogen-bond acceptors (Lipinski definition) is 4. The Hall–Kier alpha value is -2.11. The molecule has 26 heavy (non-hydrogen) atoms. The molecule has 138 valence electrons. The number of nitrogens with zero attached hydrogens (tertiary/aromatic N) is 2. The number of methoxy groups -OCH3 is 1. The van der Waals surface area contributed by atoms with Gasteiger partial charge in [0.05, 0.1) is 18.8 Å². The quantitative estimate of drug-likeness (QED) is 0.854. The maximum atomic E-state index is 11.9. The Morgan fingerprint density at radius 2 is 2.19 bits per heavy atom. The number of likely N-dealkylation sites (tertiary alicyclic amines) is 1. The van der Waals surface area contributed by atoms with Gasteiger partial charge in [-0.3, -0.25) is 14.7 Å². The fourth-order valence-corrected chi connectivity index (χ4v) is 3.89. The average molecular weight is 375 g/mol. The van der Waals surface area contributed by atoms with Crippen molar-refractivity contribution in [1.29, 1.82) is 0 Å². The van der Waals surface area contributed by atoms with Crippen LogP contribution in [0.25, 0.3) is 0 Å². The van der Waals surface area contributed by atoms with Crippen LogP contribution in [0.1, 0.15) is 42.1 Å². The fourth-order valence-electron chi connectivity index (χ4n) is 3.71. The van der Waals surface area contributed by atoms with Gasteiger partial charge in [-0.2, -0.15) is 0 Å². The molecule has 2 aromatic rings. The number of rotatable bonds is 5. The van der Waals surface area contributed by atoms with Crippen molar-refractivity contribution in [3.63, 3.8) is 0 Å². The lowest BCUT2D eigenvalue weighted by Crippen LogP contribution is -2.47. The number of piperidine rings is 1. The van der Waals surface area contributed by atoms with E-state index in [4.69, 9.17) is 16.3 Å². The van der Waals surface area contributed by atoms with Crippen LogP contribution in [0.15, 0.2) is 36.5 Å². The Bertz CT molecular complexity index is 796. The molecule has 2 heterocycles. The maximum Gasteiger partial charge on any atom is 0.320 e. The molecule has 1 aliphatic rings. The van der Waals surface area contributed by atoms with Crippen LogP contribution in [-0.2, 0) is 4.79 Å². The van der Waals surface area contributed by atoms with Crippen LogP contribution in [0, 0.1) is 6.92 Å². The van der Waals surface area contributed by atoms with Crippen LogP contribution in [-0.4, -0.2) is 40.7 Å². The third-order valence-electron chi connectivity index (χ3n) is 4.96. The Balaban J connectivity index is 2.19. The van der Waals surface area contributed by atoms with Crippen molar-refractivity contribution in [3.05, 3.63) is 58.4 Å². The standard InChI is InChI=1S/C20H23ClN2O3/c1-13-6-5-10-22-18(13)19(15-12-14(21)8-9-17(15)26-2)23-11-4-3-7-16(23)20(24)25/h5-6,8-10,12,16,19H,3-4,7,11H2,1-2H3,(H,24,25). The summed E-state index contributed by atoms with van der Waals surface area (Å²) >= 11 is 6.27. The number of halogens is 1. The molecule has 1 saturated heterocycles. The summed E-state index contributed by atoms with van der Waals surface area (Å²) in [5.74, 6) is -0.122. The van der Waals surface area contributed by atoms with E-state index < -0.39 is 12.0 Å². The van der Waals surface area contributed by atoms with Crippen molar-refractivity contribution >= 4 is 17.6 Å². The van der Waals surface area contributed by atoms with E-state index in [2.05, 4.69) is 4.98 Å². The molecule has 1 fully saturated rings. The first kappa shape index (κ1) is 18.7. The van der Waals surface area contributed by atoms with Crippen molar-refractivity contribution in [1.82, 2.24) is 9.88 Å². The number of carboxylic acid groups (broad SMARTS) is 1. The molecular weight excluding hydrogens is 352 g/mol. The molecule has 1 N–H and O–H groups in total. The zero-order chi connectivity index (χ0) is 18.7. The molecule has 6 heteroatoms. The van der Waals surface area contributed by atoms with E-state index in [1.54, 1.807) is 19.4 Å². The van der Waals surface area contributed by atoms with Crippen LogP contribution in [0.5, 0.6) is 5.75 Å². The predicted molar refractivity (Wildman–Crippen MR) is 101 cm³/mol. The smallest absolute Gasteiger partial charge is 0.320 e. The minimum atomic E-state index is -0.802. The van der Waals surface area contributed by atoms with Crippen molar-refractivity contribution in [2.75, 3.05) is 13.7 Å². The van der Waals surface area contributed by atoms with E-state index in [1.165, 1.54) is 0 Å². The molecule has 1 aromatic heterocycles. The van der Waals surface area contributed by atoms with Crippen molar-refractivity contribution in [2.45, 2.75) is 38.3 Å². The van der Waals surface area contributed by atoms with Crippen LogP contribution < -0.4 is 4.74 Å². The lowest BCUT2D eigenvalue weighted by Gasteiger charge is -2.39. The number of benzene rings is 1. The molecule has 2 unspecified atom stereocenters. The van der Waals surface area contributed by atoms with Gasteiger partial charge in [0.15, 0.2) is 0 Å². The minimum absolute atomic E-state index is 0.328. The van der Waals surface area contributed by atoms with Gasteiger partial charge in [-0.1, -0.05) is 24.1 Å². The molecule has 1 aliphatic heterocycles. The first-order valence-electron chi connectivity index (χ1n) is 8.76. The van der Waals surface area contributed by atoms with Gasteiger partial charge < -0.3 is 9.84 Å². The molecule has 0 amide bonds. The van der Waals surface area contributed by atoms with Crippen LogP contribution in [0.2, 0.25) is 5.02 Å². The number of pyridine rings is 1. The van der Waals surface area contributed by atoms with Gasteiger partial charge in [-0.15, -0.1) is 0 Å². The monoisotopic (exact) mass is 374 g/mol. The lowest BCUT2D eigenvalue weighted by atomic mass is 9.92. The molecule has 0 saturated carbocycles. The zero-order valence-electron chi connectivity index (χ0n) is 15.0. The molecule has 2 atom stereocenters. The van der Waals surface area contributed by atoms with Gasteiger partial charge in [0.25, 0.3) is 0 Å². The van der Waals surface area contributed by atoms with Gasteiger partial charge >= 0.3 is 5.97 Å². The number of hydrogen-bond donors (Lipinski definition) is 1. The third kappa shape index (κ3) is 3.69. The second-order valence-electron chi connectivity index (χ2n) is 6.58. The second kappa shape index (κ2) is 8.06. The second-order valence-corrected chi connectivity index (χ2v) is 7.02. The first-order chi connectivity index (χ1) is 12.5. The highest BCUT2D eigenvalue weighted by Crippen LogP contribution is 2.39. The molecule has 0 bridgehead atoms. The van der Waals surface area contributed by atoms with Crippen molar-refractivity contribution in [2.24, 2.45) is 0 Å². The van der Waals surface area contributed by atoms with E-state index in [0.717, 1.165) is 29.7 Å². The number of carbonyl (C=O) groups is 1. The predicted octanol–water partition coefficient (Wildman–Crippen LogP) is 4.08. The Morgan fingerprint density at radius 1 is 1.38 bits per heavy atom. The Morgan fingerprint density at radius 3 is 2.88 bits per heavy atom. The fraction of sp³-hybridized carbons (Fsp3) is 0.400. The Kier molecular flexibility index (Phi) is 5.79. The topological polar surface area (TPSA) is 62.7 Å². The first-order valence-corrected chi connectivity index (χ1v) is 9.14. The van der Waals surface area contributed by atoms with Crippen molar-refractivity contribution < 1.29 is 14.6 Å². The van der Waals surface area contributed by atoms with E-state index in [9.17, 15) is 9.90 Å². The van der Waals surface area contributed by atoms with Crippen LogP contribution in [0.4, 0.5) is 0 Å². The number of carboxylic acids is 1. The molecule has 0 spiro atoms. The summed E-state index contributed by atoms with van der Waals surface area (Å²) in [6.07, 6.45) is 4.23. The SMILES string of the molecule is COc1ccc(Cl)cc1C(c1ncccc1C)N1CCCCC1C(=O)O. The Labute approximate surface area is 158 Å². The van der Waals surface area contributed by atoms with E-state index in [0.29, 0.717) is 23.7 Å². The summed E-state index contributed by atoms with van der Waals surface area (Å²) in [5, 5.41) is 10.4. The average Bonchev–Trinajstić information content (AvgIpc) is 2.64. The molecule has 0 radical (unpaired) electrons. The van der Waals surface area contributed by atoms with Gasteiger partial charge in [-0.05, 0) is 56.1 Å².